The average Bonchev–Trinajstić information content (AvgIpc) is 2.83. The summed E-state index contributed by atoms with van der Waals surface area (Å²) in [7, 11) is 0. The minimum Gasteiger partial charge on any atom is -0.381 e. The Balaban J connectivity index is 1.48. The standard InChI is InChI=1S/C28H25N3O/c1-19-10-15-24(30-18-22-13-11-21(17-29)12-14-22)16-27(19)28(32)31-20(2)25-9-5-7-23-6-3-4-8-26(23)25/h3-16,20,30H,18H2,1-2H3,(H,31,32)/t20-/m1/s1. The first kappa shape index (κ1) is 21.1. The molecule has 4 aromatic rings. The van der Waals surface area contributed by atoms with E-state index in [1.165, 1.54) is 0 Å². The number of nitriles is 1. The zero-order valence-electron chi connectivity index (χ0n) is 18.2. The molecule has 1 amide bonds. The van der Waals surface area contributed by atoms with Gasteiger partial charge in [0.1, 0.15) is 0 Å². The number of hydrogen-bond donors (Lipinski definition) is 2. The third-order valence-corrected chi connectivity index (χ3v) is 5.70. The Labute approximate surface area is 188 Å². The number of hydrogen-bond acceptors (Lipinski definition) is 3. The Morgan fingerprint density at radius 1 is 0.969 bits per heavy atom. The second-order valence-electron chi connectivity index (χ2n) is 7.96. The van der Waals surface area contributed by atoms with Crippen LogP contribution in [0.5, 0.6) is 0 Å². The van der Waals surface area contributed by atoms with Gasteiger partial charge in [-0.1, -0.05) is 60.7 Å². The van der Waals surface area contributed by atoms with E-state index in [0.717, 1.165) is 33.2 Å². The largest absolute Gasteiger partial charge is 0.381 e. The van der Waals surface area contributed by atoms with Crippen LogP contribution in [-0.2, 0) is 6.54 Å². The van der Waals surface area contributed by atoms with Crippen LogP contribution < -0.4 is 10.6 Å². The van der Waals surface area contributed by atoms with Gasteiger partial charge < -0.3 is 10.6 Å². The van der Waals surface area contributed by atoms with Gasteiger partial charge in [0.2, 0.25) is 0 Å². The number of carbonyl (C=O) groups excluding carboxylic acids is 1. The molecule has 0 fully saturated rings. The summed E-state index contributed by atoms with van der Waals surface area (Å²) in [5, 5.41) is 17.8. The molecule has 4 aromatic carbocycles. The van der Waals surface area contributed by atoms with Crippen LogP contribution in [0.3, 0.4) is 0 Å². The Morgan fingerprint density at radius 3 is 2.50 bits per heavy atom. The molecule has 32 heavy (non-hydrogen) atoms. The number of anilines is 1. The number of rotatable bonds is 6. The molecule has 0 aliphatic heterocycles. The van der Waals surface area contributed by atoms with E-state index < -0.39 is 0 Å². The summed E-state index contributed by atoms with van der Waals surface area (Å²) in [5.41, 5.74) is 5.27. The Morgan fingerprint density at radius 2 is 1.72 bits per heavy atom. The zero-order chi connectivity index (χ0) is 22.5. The molecule has 0 aliphatic carbocycles. The van der Waals surface area contributed by atoms with Crippen molar-refractivity contribution < 1.29 is 4.79 Å². The highest BCUT2D eigenvalue weighted by Gasteiger charge is 2.15. The third kappa shape index (κ3) is 4.63. The van der Waals surface area contributed by atoms with Crippen molar-refractivity contribution in [1.82, 2.24) is 5.32 Å². The van der Waals surface area contributed by atoms with Gasteiger partial charge in [-0.2, -0.15) is 5.26 Å². The van der Waals surface area contributed by atoms with Crippen LogP contribution in [-0.4, -0.2) is 5.91 Å². The molecule has 0 spiro atoms. The first-order valence-electron chi connectivity index (χ1n) is 10.7. The quantitative estimate of drug-likeness (QED) is 0.395. The molecule has 0 aliphatic rings. The molecule has 2 N–H and O–H groups in total. The molecule has 158 valence electrons. The first-order valence-corrected chi connectivity index (χ1v) is 10.7. The molecule has 0 unspecified atom stereocenters. The SMILES string of the molecule is Cc1ccc(NCc2ccc(C#N)cc2)cc1C(=O)N[C@H](C)c1cccc2ccccc12. The van der Waals surface area contributed by atoms with Gasteiger partial charge in [0.25, 0.3) is 5.91 Å². The Bertz CT molecular complexity index is 1300. The predicted octanol–water partition coefficient (Wildman–Crippen LogP) is 6.12. The number of aryl methyl sites for hydroxylation is 1. The van der Waals surface area contributed by atoms with Crippen molar-refractivity contribution in [3.8, 4) is 6.07 Å². The number of amides is 1. The highest BCUT2D eigenvalue weighted by atomic mass is 16.1. The van der Waals surface area contributed by atoms with E-state index in [-0.39, 0.29) is 11.9 Å². The van der Waals surface area contributed by atoms with Crippen LogP contribution in [0.25, 0.3) is 10.8 Å². The summed E-state index contributed by atoms with van der Waals surface area (Å²) in [6, 6.07) is 29.7. The maximum absolute atomic E-state index is 13.1. The van der Waals surface area contributed by atoms with Crippen molar-refractivity contribution in [2.75, 3.05) is 5.32 Å². The van der Waals surface area contributed by atoms with Crippen LogP contribution in [0.4, 0.5) is 5.69 Å². The molecular formula is C28H25N3O. The number of fused-ring (bicyclic) bond motifs is 1. The second kappa shape index (κ2) is 9.36. The van der Waals surface area contributed by atoms with Crippen LogP contribution in [0.1, 0.15) is 45.6 Å². The van der Waals surface area contributed by atoms with Crippen molar-refractivity contribution in [2.24, 2.45) is 0 Å². The van der Waals surface area contributed by atoms with Gasteiger partial charge >= 0.3 is 0 Å². The molecular weight excluding hydrogens is 394 g/mol. The van der Waals surface area contributed by atoms with Gasteiger partial charge in [0.15, 0.2) is 0 Å². The normalized spacial score (nSPS) is 11.5. The number of carbonyl (C=O) groups is 1. The van der Waals surface area contributed by atoms with Crippen LogP contribution in [0.2, 0.25) is 0 Å². The highest BCUT2D eigenvalue weighted by Crippen LogP contribution is 2.25. The Kier molecular flexibility index (Phi) is 6.19. The molecule has 1 atom stereocenters. The van der Waals surface area contributed by atoms with Gasteiger partial charge in [-0.3, -0.25) is 4.79 Å². The first-order chi connectivity index (χ1) is 15.5. The van der Waals surface area contributed by atoms with Crippen LogP contribution in [0, 0.1) is 18.3 Å². The topological polar surface area (TPSA) is 64.9 Å². The van der Waals surface area contributed by atoms with Gasteiger partial charge in [-0.05, 0) is 65.6 Å². The lowest BCUT2D eigenvalue weighted by Gasteiger charge is -2.18. The molecule has 0 heterocycles. The lowest BCUT2D eigenvalue weighted by Crippen LogP contribution is -2.27. The zero-order valence-corrected chi connectivity index (χ0v) is 18.2. The number of nitrogens with one attached hydrogen (secondary N) is 2. The van der Waals surface area contributed by atoms with E-state index in [0.29, 0.717) is 17.7 Å². The van der Waals surface area contributed by atoms with E-state index in [1.54, 1.807) is 12.1 Å². The second-order valence-corrected chi connectivity index (χ2v) is 7.96. The van der Waals surface area contributed by atoms with Gasteiger partial charge in [0, 0.05) is 17.8 Å². The number of benzene rings is 4. The minimum atomic E-state index is -0.122. The fraction of sp³-hybridized carbons (Fsp3) is 0.143. The van der Waals surface area contributed by atoms with Gasteiger partial charge in [-0.25, -0.2) is 0 Å². The van der Waals surface area contributed by atoms with Crippen molar-refractivity contribution in [2.45, 2.75) is 26.4 Å². The molecule has 4 heteroatoms. The summed E-state index contributed by atoms with van der Waals surface area (Å²) < 4.78 is 0. The van der Waals surface area contributed by atoms with Crippen molar-refractivity contribution >= 4 is 22.4 Å². The number of nitrogens with zero attached hydrogens (tertiary/aromatic N) is 1. The van der Waals surface area contributed by atoms with Gasteiger partial charge in [-0.15, -0.1) is 0 Å². The predicted molar refractivity (Wildman–Crippen MR) is 129 cm³/mol. The lowest BCUT2D eigenvalue weighted by molar-refractivity contribution is 0.0939. The van der Waals surface area contributed by atoms with Gasteiger partial charge in [0.05, 0.1) is 17.7 Å². The van der Waals surface area contributed by atoms with Crippen molar-refractivity contribution in [3.05, 3.63) is 113 Å². The molecule has 0 radical (unpaired) electrons. The van der Waals surface area contributed by atoms with E-state index in [4.69, 9.17) is 5.26 Å². The van der Waals surface area contributed by atoms with Crippen LogP contribution >= 0.6 is 0 Å². The van der Waals surface area contributed by atoms with E-state index in [2.05, 4.69) is 41.0 Å². The highest BCUT2D eigenvalue weighted by molar-refractivity contribution is 5.97. The smallest absolute Gasteiger partial charge is 0.252 e. The third-order valence-electron chi connectivity index (χ3n) is 5.70. The lowest BCUT2D eigenvalue weighted by atomic mass is 9.99. The van der Waals surface area contributed by atoms with E-state index in [9.17, 15) is 4.79 Å². The fourth-order valence-corrected chi connectivity index (χ4v) is 3.86. The van der Waals surface area contributed by atoms with Crippen molar-refractivity contribution in [1.29, 1.82) is 5.26 Å². The summed E-state index contributed by atoms with van der Waals surface area (Å²) in [5.74, 6) is -0.0926. The van der Waals surface area contributed by atoms with Crippen molar-refractivity contribution in [3.63, 3.8) is 0 Å². The monoisotopic (exact) mass is 419 g/mol. The fourth-order valence-electron chi connectivity index (χ4n) is 3.86. The summed E-state index contributed by atoms with van der Waals surface area (Å²) in [4.78, 5) is 13.1. The summed E-state index contributed by atoms with van der Waals surface area (Å²) in [6.07, 6.45) is 0. The minimum absolute atomic E-state index is 0.0926. The summed E-state index contributed by atoms with van der Waals surface area (Å²) in [6.45, 7) is 4.58. The summed E-state index contributed by atoms with van der Waals surface area (Å²) >= 11 is 0. The van der Waals surface area contributed by atoms with E-state index in [1.807, 2.05) is 62.4 Å². The molecule has 0 aromatic heterocycles. The Hall–Kier alpha value is -4.10. The van der Waals surface area contributed by atoms with E-state index >= 15 is 0 Å². The molecule has 4 rings (SSSR count). The molecule has 0 saturated carbocycles. The van der Waals surface area contributed by atoms with Crippen LogP contribution in [0.15, 0.2) is 84.9 Å². The average molecular weight is 420 g/mol. The molecule has 0 bridgehead atoms. The maximum atomic E-state index is 13.1. The molecule has 4 nitrogen and oxygen atoms in total. The molecule has 0 saturated heterocycles. The maximum Gasteiger partial charge on any atom is 0.252 e.